The molecule has 0 aliphatic carbocycles. The fourth-order valence-corrected chi connectivity index (χ4v) is 2.37. The molecule has 0 spiro atoms. The fraction of sp³-hybridized carbons (Fsp3) is 0.154. The molecular formula is C13H13N3O3S. The predicted molar refractivity (Wildman–Crippen MR) is 76.6 cm³/mol. The van der Waals surface area contributed by atoms with Gasteiger partial charge in [-0.05, 0) is 17.7 Å². The number of hydrogen-bond acceptors (Lipinski definition) is 6. The third-order valence-electron chi connectivity index (χ3n) is 2.49. The average molecular weight is 291 g/mol. The van der Waals surface area contributed by atoms with Crippen LogP contribution in [0.4, 0.5) is 5.82 Å². The number of benzene rings is 1. The van der Waals surface area contributed by atoms with E-state index in [1.807, 2.05) is 12.1 Å². The molecule has 0 fully saturated rings. The normalized spacial score (nSPS) is 10.2. The number of nitrogens with one attached hydrogen (secondary N) is 1. The average Bonchev–Trinajstić information content (AvgIpc) is 2.44. The van der Waals surface area contributed by atoms with Gasteiger partial charge in [0, 0.05) is 11.8 Å². The van der Waals surface area contributed by atoms with Crippen molar-refractivity contribution in [2.75, 3.05) is 12.8 Å². The Morgan fingerprint density at radius 1 is 1.40 bits per heavy atom. The first-order chi connectivity index (χ1) is 9.58. The van der Waals surface area contributed by atoms with Crippen LogP contribution in [0.1, 0.15) is 15.9 Å². The van der Waals surface area contributed by atoms with Crippen LogP contribution in [0.5, 0.6) is 0 Å². The lowest BCUT2D eigenvalue weighted by Crippen LogP contribution is -2.09. The number of anilines is 1. The third kappa shape index (κ3) is 3.61. The summed E-state index contributed by atoms with van der Waals surface area (Å²) < 4.78 is 4.62. The smallest absolute Gasteiger partial charge is 0.337 e. The van der Waals surface area contributed by atoms with Gasteiger partial charge in [0.05, 0.1) is 12.7 Å². The number of aromatic nitrogens is 2. The zero-order chi connectivity index (χ0) is 14.5. The fourth-order valence-electron chi connectivity index (χ4n) is 1.53. The summed E-state index contributed by atoms with van der Waals surface area (Å²) in [5, 5.41) is 0.465. The number of hydrogen-bond donors (Lipinski definition) is 2. The SMILES string of the molecule is COC(=O)c1ccc(CSc2nc(N)cc(=O)[nH]2)cc1. The molecule has 0 amide bonds. The molecule has 2 rings (SSSR count). The Bertz CT molecular complexity index is 667. The Morgan fingerprint density at radius 3 is 2.70 bits per heavy atom. The van der Waals surface area contributed by atoms with Crippen molar-refractivity contribution in [2.45, 2.75) is 10.9 Å². The lowest BCUT2D eigenvalue weighted by Gasteiger charge is -2.03. The molecule has 20 heavy (non-hydrogen) atoms. The van der Waals surface area contributed by atoms with Gasteiger partial charge >= 0.3 is 5.97 Å². The van der Waals surface area contributed by atoms with Crippen molar-refractivity contribution >= 4 is 23.5 Å². The van der Waals surface area contributed by atoms with Crippen molar-refractivity contribution in [3.63, 3.8) is 0 Å². The molecule has 0 saturated carbocycles. The van der Waals surface area contributed by atoms with E-state index in [9.17, 15) is 9.59 Å². The third-order valence-corrected chi connectivity index (χ3v) is 3.43. The van der Waals surface area contributed by atoms with Gasteiger partial charge in [0.2, 0.25) is 0 Å². The first kappa shape index (κ1) is 14.1. The van der Waals surface area contributed by atoms with E-state index >= 15 is 0 Å². The largest absolute Gasteiger partial charge is 0.465 e. The highest BCUT2D eigenvalue weighted by Gasteiger charge is 2.05. The van der Waals surface area contributed by atoms with E-state index in [0.29, 0.717) is 16.5 Å². The van der Waals surface area contributed by atoms with Crippen LogP contribution >= 0.6 is 11.8 Å². The quantitative estimate of drug-likeness (QED) is 0.502. The monoisotopic (exact) mass is 291 g/mol. The summed E-state index contributed by atoms with van der Waals surface area (Å²) in [5.74, 6) is 0.428. The minimum absolute atomic E-state index is 0.192. The van der Waals surface area contributed by atoms with Gasteiger partial charge < -0.3 is 15.5 Å². The van der Waals surface area contributed by atoms with Gasteiger partial charge in [-0.2, -0.15) is 0 Å². The first-order valence-corrected chi connectivity index (χ1v) is 6.74. The van der Waals surface area contributed by atoms with Crippen LogP contribution in [-0.2, 0) is 10.5 Å². The summed E-state index contributed by atoms with van der Waals surface area (Å²) in [7, 11) is 1.34. The topological polar surface area (TPSA) is 98.1 Å². The maximum atomic E-state index is 11.3. The van der Waals surface area contributed by atoms with Gasteiger partial charge in [0.15, 0.2) is 5.16 Å². The second-order valence-electron chi connectivity index (χ2n) is 3.95. The molecule has 1 aromatic carbocycles. The van der Waals surface area contributed by atoms with Crippen LogP contribution < -0.4 is 11.3 Å². The summed E-state index contributed by atoms with van der Waals surface area (Å²) in [6.07, 6.45) is 0. The van der Waals surface area contributed by atoms with Crippen LogP contribution in [-0.4, -0.2) is 23.0 Å². The Kier molecular flexibility index (Phi) is 4.41. The van der Waals surface area contributed by atoms with E-state index in [0.717, 1.165) is 5.56 Å². The number of methoxy groups -OCH3 is 1. The molecule has 0 bridgehead atoms. The molecule has 3 N–H and O–H groups in total. The van der Waals surface area contributed by atoms with E-state index in [-0.39, 0.29) is 17.3 Å². The number of aromatic amines is 1. The van der Waals surface area contributed by atoms with Crippen LogP contribution in [0.25, 0.3) is 0 Å². The van der Waals surface area contributed by atoms with Gasteiger partial charge in [0.25, 0.3) is 5.56 Å². The minimum atomic E-state index is -0.369. The van der Waals surface area contributed by atoms with Crippen molar-refractivity contribution in [1.82, 2.24) is 9.97 Å². The number of nitrogen functional groups attached to an aromatic ring is 1. The summed E-state index contributed by atoms with van der Waals surface area (Å²) in [6.45, 7) is 0. The maximum absolute atomic E-state index is 11.3. The van der Waals surface area contributed by atoms with Crippen molar-refractivity contribution in [3.05, 3.63) is 51.8 Å². The molecule has 2 aromatic rings. The van der Waals surface area contributed by atoms with Crippen molar-refractivity contribution in [3.8, 4) is 0 Å². The number of esters is 1. The highest BCUT2D eigenvalue weighted by atomic mass is 32.2. The molecule has 1 aromatic heterocycles. The van der Waals surface area contributed by atoms with E-state index < -0.39 is 0 Å². The molecule has 0 atom stereocenters. The molecule has 6 nitrogen and oxygen atoms in total. The zero-order valence-corrected chi connectivity index (χ0v) is 11.6. The van der Waals surface area contributed by atoms with E-state index in [2.05, 4.69) is 14.7 Å². The van der Waals surface area contributed by atoms with Gasteiger partial charge in [-0.25, -0.2) is 9.78 Å². The zero-order valence-electron chi connectivity index (χ0n) is 10.8. The number of ether oxygens (including phenoxy) is 1. The lowest BCUT2D eigenvalue weighted by atomic mass is 10.1. The Morgan fingerprint density at radius 2 is 2.10 bits per heavy atom. The summed E-state index contributed by atoms with van der Waals surface area (Å²) in [6, 6.07) is 8.26. The van der Waals surface area contributed by atoms with Gasteiger partial charge in [0.1, 0.15) is 5.82 Å². The number of nitrogens with two attached hydrogens (primary N) is 1. The van der Waals surface area contributed by atoms with Crippen LogP contribution in [0.2, 0.25) is 0 Å². The van der Waals surface area contributed by atoms with Crippen molar-refractivity contribution in [1.29, 1.82) is 0 Å². The molecule has 104 valence electrons. The Labute approximate surface area is 119 Å². The number of nitrogens with zero attached hydrogens (tertiary/aromatic N) is 1. The number of carbonyl (C=O) groups is 1. The second-order valence-corrected chi connectivity index (χ2v) is 4.92. The first-order valence-electron chi connectivity index (χ1n) is 5.75. The standard InChI is InChI=1S/C13H13N3O3S/c1-19-12(18)9-4-2-8(3-5-9)7-20-13-15-10(14)6-11(17)16-13/h2-6H,7H2,1H3,(H3,14,15,16,17). The van der Waals surface area contributed by atoms with Gasteiger partial charge in [-0.15, -0.1) is 0 Å². The van der Waals surface area contributed by atoms with E-state index in [4.69, 9.17) is 5.73 Å². The van der Waals surface area contributed by atoms with E-state index in [1.165, 1.54) is 24.9 Å². The molecule has 0 aliphatic heterocycles. The molecule has 0 unspecified atom stereocenters. The van der Waals surface area contributed by atoms with Crippen LogP contribution in [0.3, 0.4) is 0 Å². The van der Waals surface area contributed by atoms with Gasteiger partial charge in [-0.3, -0.25) is 4.79 Å². The van der Waals surface area contributed by atoms with Gasteiger partial charge in [-0.1, -0.05) is 23.9 Å². The summed E-state index contributed by atoms with van der Waals surface area (Å²) in [4.78, 5) is 29.1. The summed E-state index contributed by atoms with van der Waals surface area (Å²) in [5.41, 5.74) is 6.71. The highest BCUT2D eigenvalue weighted by Crippen LogP contribution is 2.19. The molecular weight excluding hydrogens is 278 g/mol. The number of H-pyrrole nitrogens is 1. The highest BCUT2D eigenvalue weighted by molar-refractivity contribution is 7.98. The molecule has 0 saturated heterocycles. The maximum Gasteiger partial charge on any atom is 0.337 e. The Balaban J connectivity index is 2.03. The predicted octanol–water partition coefficient (Wildman–Crippen LogP) is 1.43. The van der Waals surface area contributed by atoms with Crippen LogP contribution in [0, 0.1) is 0 Å². The summed E-state index contributed by atoms with van der Waals surface area (Å²) >= 11 is 1.36. The lowest BCUT2D eigenvalue weighted by molar-refractivity contribution is 0.0600. The molecule has 7 heteroatoms. The van der Waals surface area contributed by atoms with Crippen molar-refractivity contribution in [2.24, 2.45) is 0 Å². The number of rotatable bonds is 4. The minimum Gasteiger partial charge on any atom is -0.465 e. The second kappa shape index (κ2) is 6.25. The Hall–Kier alpha value is -2.28. The molecule has 0 radical (unpaired) electrons. The number of carbonyl (C=O) groups excluding carboxylic acids is 1. The number of thioether (sulfide) groups is 1. The van der Waals surface area contributed by atoms with Crippen LogP contribution in [0.15, 0.2) is 40.3 Å². The molecule has 0 aliphatic rings. The van der Waals surface area contributed by atoms with Crippen molar-refractivity contribution < 1.29 is 9.53 Å². The molecule has 1 heterocycles. The van der Waals surface area contributed by atoms with E-state index in [1.54, 1.807) is 12.1 Å².